The van der Waals surface area contributed by atoms with Crippen LogP contribution in [0, 0.1) is 0 Å². The second-order valence-electron chi connectivity index (χ2n) is 4.63. The lowest BCUT2D eigenvalue weighted by atomic mass is 10.2. The first-order chi connectivity index (χ1) is 10.2. The number of fused-ring (bicyclic) bond motifs is 1. The molecular weight excluding hydrogens is 286 g/mol. The van der Waals surface area contributed by atoms with E-state index < -0.39 is 0 Å². The van der Waals surface area contributed by atoms with E-state index in [0.29, 0.717) is 10.7 Å². The predicted octanol–water partition coefficient (Wildman–Crippen LogP) is 2.81. The number of nitrogens with one attached hydrogen (secondary N) is 1. The van der Waals surface area contributed by atoms with Crippen LogP contribution in [0.5, 0.6) is 0 Å². The van der Waals surface area contributed by atoms with Crippen LogP contribution < -0.4 is 10.00 Å². The second-order valence-corrected chi connectivity index (χ2v) is 5.04. The van der Waals surface area contributed by atoms with Crippen molar-refractivity contribution in [3.05, 3.63) is 65.9 Å². The Labute approximate surface area is 127 Å². The lowest BCUT2D eigenvalue weighted by Gasteiger charge is -2.04. The zero-order valence-electron chi connectivity index (χ0n) is 11.2. The Hall–Kier alpha value is -2.46. The van der Waals surface area contributed by atoms with Crippen molar-refractivity contribution in [2.24, 2.45) is 0 Å². The van der Waals surface area contributed by atoms with Gasteiger partial charge >= 0.3 is 0 Å². The highest BCUT2D eigenvalue weighted by Gasteiger charge is 2.13. The average Bonchev–Trinajstić information content (AvgIpc) is 2.49. The van der Waals surface area contributed by atoms with Gasteiger partial charge in [0.15, 0.2) is 0 Å². The third-order valence-corrected chi connectivity index (χ3v) is 3.41. The molecule has 1 heterocycles. The highest BCUT2D eigenvalue weighted by atomic mass is 35.5. The van der Waals surface area contributed by atoms with Crippen LogP contribution in [0.15, 0.2) is 60.9 Å². The predicted molar refractivity (Wildman–Crippen MR) is 82.0 cm³/mol. The van der Waals surface area contributed by atoms with E-state index in [9.17, 15) is 4.79 Å². The van der Waals surface area contributed by atoms with E-state index >= 15 is 0 Å². The summed E-state index contributed by atoms with van der Waals surface area (Å²) in [5.74, 6) is -0.170. The number of nitrogens with zero attached hydrogens (tertiary/aromatic N) is 2. The van der Waals surface area contributed by atoms with E-state index in [1.807, 2.05) is 42.6 Å². The molecule has 0 aliphatic carbocycles. The van der Waals surface area contributed by atoms with Gasteiger partial charge in [0.25, 0.3) is 12.5 Å². The number of amides is 1. The first-order valence-corrected chi connectivity index (χ1v) is 6.89. The summed E-state index contributed by atoms with van der Waals surface area (Å²) in [7, 11) is 0. The number of carbonyl (C=O) groups is 1. The number of halogens is 1. The van der Waals surface area contributed by atoms with Gasteiger partial charge in [-0.15, -0.1) is 0 Å². The van der Waals surface area contributed by atoms with Crippen LogP contribution in [-0.4, -0.2) is 11.0 Å². The molecule has 0 saturated carbocycles. The first-order valence-electron chi connectivity index (χ1n) is 6.51. The molecule has 0 bridgehead atoms. The fourth-order valence-corrected chi connectivity index (χ4v) is 2.25. The molecule has 0 unspecified atom stereocenters. The van der Waals surface area contributed by atoms with E-state index in [2.05, 4.69) is 10.4 Å². The smallest absolute Gasteiger partial charge is 0.292 e. The monoisotopic (exact) mass is 298 g/mol. The molecule has 3 aromatic rings. The number of hydrogen-bond acceptors (Lipinski definition) is 2. The molecule has 0 saturated heterocycles. The average molecular weight is 299 g/mol. The van der Waals surface area contributed by atoms with Crippen molar-refractivity contribution in [3.8, 4) is 0 Å². The molecule has 0 radical (unpaired) electrons. The van der Waals surface area contributed by atoms with Crippen LogP contribution in [0.25, 0.3) is 10.8 Å². The van der Waals surface area contributed by atoms with Gasteiger partial charge in [0, 0.05) is 10.8 Å². The fourth-order valence-electron chi connectivity index (χ4n) is 2.06. The molecule has 4 nitrogen and oxygen atoms in total. The number of hydrogen-bond donors (Lipinski definition) is 1. The summed E-state index contributed by atoms with van der Waals surface area (Å²) in [5, 5.41) is 9.61. The molecule has 0 fully saturated rings. The van der Waals surface area contributed by atoms with Crippen molar-refractivity contribution >= 4 is 34.0 Å². The quantitative estimate of drug-likeness (QED) is 0.756. The Bertz CT molecular complexity index is 804. The molecule has 0 atom stereocenters. The van der Waals surface area contributed by atoms with E-state index in [4.69, 9.17) is 11.6 Å². The van der Waals surface area contributed by atoms with Gasteiger partial charge in [0.1, 0.15) is 6.20 Å². The minimum Gasteiger partial charge on any atom is -0.319 e. The largest absolute Gasteiger partial charge is 0.319 e. The first kappa shape index (κ1) is 13.5. The lowest BCUT2D eigenvalue weighted by molar-refractivity contribution is -0.740. The number of rotatable bonds is 3. The summed E-state index contributed by atoms with van der Waals surface area (Å²) >= 11 is 6.01. The molecule has 104 valence electrons. The van der Waals surface area contributed by atoms with Gasteiger partial charge in [-0.05, 0) is 23.3 Å². The minimum atomic E-state index is -0.170. The Morgan fingerprint density at radius 3 is 2.62 bits per heavy atom. The van der Waals surface area contributed by atoms with Gasteiger partial charge in [-0.1, -0.05) is 46.6 Å². The number of benzene rings is 2. The number of para-hydroxylation sites is 1. The Morgan fingerprint density at radius 2 is 1.81 bits per heavy atom. The van der Waals surface area contributed by atoms with Crippen LogP contribution >= 0.6 is 11.6 Å². The van der Waals surface area contributed by atoms with Crippen molar-refractivity contribution in [2.75, 3.05) is 5.32 Å². The maximum Gasteiger partial charge on any atom is 0.292 e. The fraction of sp³-hybridized carbons (Fsp3) is 0.0625. The van der Waals surface area contributed by atoms with Gasteiger partial charge < -0.3 is 5.32 Å². The molecule has 5 heteroatoms. The molecular formula is C16H13ClN3O+. The zero-order chi connectivity index (χ0) is 14.7. The molecule has 1 amide bonds. The summed E-state index contributed by atoms with van der Waals surface area (Å²) < 4.78 is 1.61. The molecule has 1 aromatic heterocycles. The highest BCUT2D eigenvalue weighted by Crippen LogP contribution is 2.20. The molecule has 3 rings (SSSR count). The molecule has 0 aliphatic heterocycles. The highest BCUT2D eigenvalue weighted by molar-refractivity contribution is 6.33. The lowest BCUT2D eigenvalue weighted by Crippen LogP contribution is -2.43. The minimum absolute atomic E-state index is 0.135. The third kappa shape index (κ3) is 3.17. The summed E-state index contributed by atoms with van der Waals surface area (Å²) in [6.07, 6.45) is 3.60. The van der Waals surface area contributed by atoms with Crippen LogP contribution in [-0.2, 0) is 11.3 Å². The summed E-state index contributed by atoms with van der Waals surface area (Å²) in [5.41, 5.74) is 0.602. The zero-order valence-corrected chi connectivity index (χ0v) is 11.9. The molecule has 0 spiro atoms. The normalized spacial score (nSPS) is 10.5. The molecule has 2 aromatic carbocycles. The standard InChI is InChI=1S/C16H12ClN3O/c17-14-7-3-4-8-15(14)19-16(21)11-20-10-13-6-2-1-5-12(13)9-18-20/h1-10H,11H2/p+1. The maximum absolute atomic E-state index is 12.0. The van der Waals surface area contributed by atoms with Crippen LogP contribution in [0.4, 0.5) is 5.69 Å². The molecule has 1 N–H and O–H groups in total. The van der Waals surface area contributed by atoms with Crippen molar-refractivity contribution < 1.29 is 9.48 Å². The van der Waals surface area contributed by atoms with E-state index in [-0.39, 0.29) is 12.5 Å². The number of anilines is 1. The van der Waals surface area contributed by atoms with E-state index in [1.165, 1.54) is 0 Å². The SMILES string of the molecule is O=C(C[n+]1cc2ccccc2cn1)Nc1ccccc1Cl. The number of carbonyl (C=O) groups excluding carboxylic acids is 1. The van der Waals surface area contributed by atoms with Gasteiger partial charge in [0.05, 0.1) is 10.7 Å². The number of aromatic nitrogens is 2. The third-order valence-electron chi connectivity index (χ3n) is 3.08. The van der Waals surface area contributed by atoms with E-state index in [1.54, 1.807) is 23.0 Å². The Morgan fingerprint density at radius 1 is 1.10 bits per heavy atom. The van der Waals surface area contributed by atoms with Crippen molar-refractivity contribution in [1.82, 2.24) is 5.10 Å². The van der Waals surface area contributed by atoms with Crippen molar-refractivity contribution in [2.45, 2.75) is 6.54 Å². The topological polar surface area (TPSA) is 45.9 Å². The van der Waals surface area contributed by atoms with Crippen LogP contribution in [0.3, 0.4) is 0 Å². The van der Waals surface area contributed by atoms with Crippen LogP contribution in [0.2, 0.25) is 5.02 Å². The maximum atomic E-state index is 12.0. The Balaban J connectivity index is 1.75. The van der Waals surface area contributed by atoms with Gasteiger partial charge in [-0.2, -0.15) is 0 Å². The summed E-state index contributed by atoms with van der Waals surface area (Å²) in [4.78, 5) is 12.0. The molecule has 0 aliphatic rings. The van der Waals surface area contributed by atoms with Gasteiger partial charge in [-0.25, -0.2) is 0 Å². The molecule has 21 heavy (non-hydrogen) atoms. The van der Waals surface area contributed by atoms with Gasteiger partial charge in [0.2, 0.25) is 6.20 Å². The summed E-state index contributed by atoms with van der Waals surface area (Å²) in [6.45, 7) is 0.135. The summed E-state index contributed by atoms with van der Waals surface area (Å²) in [6, 6.07) is 15.0. The second kappa shape index (κ2) is 5.89. The van der Waals surface area contributed by atoms with Crippen molar-refractivity contribution in [3.63, 3.8) is 0 Å². The van der Waals surface area contributed by atoms with E-state index in [0.717, 1.165) is 10.8 Å². The van der Waals surface area contributed by atoms with Crippen molar-refractivity contribution in [1.29, 1.82) is 0 Å². The van der Waals surface area contributed by atoms with Crippen LogP contribution in [0.1, 0.15) is 0 Å². The Kier molecular flexibility index (Phi) is 3.79. The van der Waals surface area contributed by atoms with Gasteiger partial charge in [-0.3, -0.25) is 4.79 Å².